The lowest BCUT2D eigenvalue weighted by molar-refractivity contribution is 0.0943. The van der Waals surface area contributed by atoms with Crippen LogP contribution in [0.15, 0.2) is 0 Å². The van der Waals surface area contributed by atoms with E-state index in [1.165, 1.54) is 25.9 Å². The van der Waals surface area contributed by atoms with Crippen LogP contribution in [0.2, 0.25) is 0 Å². The Morgan fingerprint density at radius 2 is 2.08 bits per heavy atom. The number of methoxy groups -OCH3 is 1. The Hall–Kier alpha value is -0.0800. The molecule has 1 aliphatic rings. The van der Waals surface area contributed by atoms with Crippen LogP contribution in [0.5, 0.6) is 0 Å². The standard InChI is InChI=1S/C11H23NO/c1-11(2,3)9-12-7-5-6-10(12)8-13-4/h10H,5-9H2,1-4H3/t10-/m1/s1. The van der Waals surface area contributed by atoms with Gasteiger partial charge in [-0.2, -0.15) is 0 Å². The average molecular weight is 185 g/mol. The zero-order valence-corrected chi connectivity index (χ0v) is 9.47. The molecule has 0 amide bonds. The highest BCUT2D eigenvalue weighted by molar-refractivity contribution is 4.82. The van der Waals surface area contributed by atoms with Gasteiger partial charge in [-0.25, -0.2) is 0 Å². The maximum absolute atomic E-state index is 5.23. The molecule has 1 atom stereocenters. The summed E-state index contributed by atoms with van der Waals surface area (Å²) in [6, 6.07) is 0.671. The van der Waals surface area contributed by atoms with Crippen molar-refractivity contribution in [1.82, 2.24) is 4.90 Å². The first-order valence-corrected chi connectivity index (χ1v) is 5.26. The lowest BCUT2D eigenvalue weighted by Gasteiger charge is -2.30. The Morgan fingerprint density at radius 1 is 1.38 bits per heavy atom. The van der Waals surface area contributed by atoms with Crippen LogP contribution in [0.4, 0.5) is 0 Å². The molecule has 2 nitrogen and oxygen atoms in total. The summed E-state index contributed by atoms with van der Waals surface area (Å²) in [6.45, 7) is 10.3. The van der Waals surface area contributed by atoms with Gasteiger partial charge in [-0.1, -0.05) is 20.8 Å². The van der Waals surface area contributed by atoms with Gasteiger partial charge in [-0.3, -0.25) is 4.90 Å². The number of likely N-dealkylation sites (tertiary alicyclic amines) is 1. The van der Waals surface area contributed by atoms with E-state index in [0.29, 0.717) is 11.5 Å². The third kappa shape index (κ3) is 3.65. The third-order valence-electron chi connectivity index (χ3n) is 2.54. The molecule has 2 heteroatoms. The summed E-state index contributed by atoms with van der Waals surface area (Å²) in [5.41, 5.74) is 0.413. The molecule has 0 N–H and O–H groups in total. The molecule has 0 bridgehead atoms. The van der Waals surface area contributed by atoms with Crippen molar-refractivity contribution >= 4 is 0 Å². The van der Waals surface area contributed by atoms with Crippen molar-refractivity contribution in [3.8, 4) is 0 Å². The highest BCUT2D eigenvalue weighted by Crippen LogP contribution is 2.23. The van der Waals surface area contributed by atoms with Crippen molar-refractivity contribution in [2.75, 3.05) is 26.8 Å². The summed E-state index contributed by atoms with van der Waals surface area (Å²) in [7, 11) is 1.80. The van der Waals surface area contributed by atoms with Crippen molar-refractivity contribution in [3.05, 3.63) is 0 Å². The van der Waals surface area contributed by atoms with Gasteiger partial charge in [0.1, 0.15) is 0 Å². The predicted octanol–water partition coefficient (Wildman–Crippen LogP) is 2.14. The highest BCUT2D eigenvalue weighted by atomic mass is 16.5. The third-order valence-corrected chi connectivity index (χ3v) is 2.54. The normalized spacial score (nSPS) is 25.4. The van der Waals surface area contributed by atoms with Crippen LogP contribution in [-0.2, 0) is 4.74 Å². The van der Waals surface area contributed by atoms with Gasteiger partial charge in [0.15, 0.2) is 0 Å². The van der Waals surface area contributed by atoms with E-state index in [4.69, 9.17) is 4.74 Å². The molecule has 0 radical (unpaired) electrons. The Bertz CT molecular complexity index is 151. The molecule has 1 heterocycles. The molecule has 78 valence electrons. The van der Waals surface area contributed by atoms with Crippen LogP contribution in [0.25, 0.3) is 0 Å². The van der Waals surface area contributed by atoms with E-state index < -0.39 is 0 Å². The molecule has 1 rings (SSSR count). The summed E-state index contributed by atoms with van der Waals surface area (Å²) in [4.78, 5) is 2.57. The maximum atomic E-state index is 5.23. The topological polar surface area (TPSA) is 12.5 Å². The highest BCUT2D eigenvalue weighted by Gasteiger charge is 2.27. The maximum Gasteiger partial charge on any atom is 0.0618 e. The molecule has 0 aromatic heterocycles. The second kappa shape index (κ2) is 4.43. The van der Waals surface area contributed by atoms with Crippen LogP contribution in [-0.4, -0.2) is 37.7 Å². The molecule has 0 unspecified atom stereocenters. The Labute approximate surface area is 82.3 Å². The molecular formula is C11H23NO. The fraction of sp³-hybridized carbons (Fsp3) is 1.00. The summed E-state index contributed by atoms with van der Waals surface area (Å²) in [5, 5.41) is 0. The average Bonchev–Trinajstić information content (AvgIpc) is 2.34. The first-order valence-electron chi connectivity index (χ1n) is 5.26. The number of nitrogens with zero attached hydrogens (tertiary/aromatic N) is 1. The van der Waals surface area contributed by atoms with Crippen LogP contribution >= 0.6 is 0 Å². The van der Waals surface area contributed by atoms with Crippen molar-refractivity contribution in [2.45, 2.75) is 39.7 Å². The van der Waals surface area contributed by atoms with Gasteiger partial charge >= 0.3 is 0 Å². The zero-order chi connectivity index (χ0) is 9.90. The van der Waals surface area contributed by atoms with Crippen LogP contribution in [0.1, 0.15) is 33.6 Å². The van der Waals surface area contributed by atoms with E-state index in [-0.39, 0.29) is 0 Å². The van der Waals surface area contributed by atoms with Crippen molar-refractivity contribution in [3.63, 3.8) is 0 Å². The lowest BCUT2D eigenvalue weighted by atomic mass is 9.96. The van der Waals surface area contributed by atoms with E-state index in [1.807, 2.05) is 0 Å². The lowest BCUT2D eigenvalue weighted by Crippen LogP contribution is -2.38. The van der Waals surface area contributed by atoms with Gasteiger partial charge in [-0.05, 0) is 24.8 Å². The minimum Gasteiger partial charge on any atom is -0.383 e. The van der Waals surface area contributed by atoms with E-state index in [1.54, 1.807) is 7.11 Å². The summed E-state index contributed by atoms with van der Waals surface area (Å²) < 4.78 is 5.23. The van der Waals surface area contributed by atoms with Gasteiger partial charge in [-0.15, -0.1) is 0 Å². The van der Waals surface area contributed by atoms with Gasteiger partial charge in [0.2, 0.25) is 0 Å². The number of hydrogen-bond donors (Lipinski definition) is 0. The SMILES string of the molecule is COC[C@H]1CCCN1CC(C)(C)C. The minimum atomic E-state index is 0.413. The monoisotopic (exact) mass is 185 g/mol. The Kier molecular flexibility index (Phi) is 3.74. The fourth-order valence-electron chi connectivity index (χ4n) is 2.09. The zero-order valence-electron chi connectivity index (χ0n) is 9.47. The molecule has 1 aliphatic heterocycles. The molecule has 1 fully saturated rings. The molecule has 0 saturated carbocycles. The van der Waals surface area contributed by atoms with E-state index >= 15 is 0 Å². The summed E-state index contributed by atoms with van der Waals surface area (Å²) >= 11 is 0. The van der Waals surface area contributed by atoms with Gasteiger partial charge in [0.25, 0.3) is 0 Å². The molecule has 0 aromatic carbocycles. The predicted molar refractivity (Wildman–Crippen MR) is 55.9 cm³/mol. The number of rotatable bonds is 3. The van der Waals surface area contributed by atoms with Crippen LogP contribution in [0, 0.1) is 5.41 Å². The van der Waals surface area contributed by atoms with Crippen molar-refractivity contribution in [1.29, 1.82) is 0 Å². The van der Waals surface area contributed by atoms with Crippen LogP contribution < -0.4 is 0 Å². The molecule has 1 saturated heterocycles. The molecule has 13 heavy (non-hydrogen) atoms. The van der Waals surface area contributed by atoms with Crippen LogP contribution in [0.3, 0.4) is 0 Å². The smallest absolute Gasteiger partial charge is 0.0618 e. The van der Waals surface area contributed by atoms with Crippen molar-refractivity contribution < 1.29 is 4.74 Å². The first-order chi connectivity index (χ1) is 6.03. The van der Waals surface area contributed by atoms with Gasteiger partial charge < -0.3 is 4.74 Å². The largest absolute Gasteiger partial charge is 0.383 e. The fourth-order valence-corrected chi connectivity index (χ4v) is 2.09. The summed E-state index contributed by atoms with van der Waals surface area (Å²) in [5.74, 6) is 0. The first kappa shape index (κ1) is 11.0. The second-order valence-corrected chi connectivity index (χ2v) is 5.28. The molecule has 0 spiro atoms. The number of hydrogen-bond acceptors (Lipinski definition) is 2. The number of ether oxygens (including phenoxy) is 1. The Morgan fingerprint density at radius 3 is 2.62 bits per heavy atom. The Balaban J connectivity index is 2.39. The second-order valence-electron chi connectivity index (χ2n) is 5.28. The molecule has 0 aliphatic carbocycles. The van der Waals surface area contributed by atoms with E-state index in [9.17, 15) is 0 Å². The van der Waals surface area contributed by atoms with E-state index in [2.05, 4.69) is 25.7 Å². The van der Waals surface area contributed by atoms with E-state index in [0.717, 1.165) is 6.61 Å². The van der Waals surface area contributed by atoms with Gasteiger partial charge in [0.05, 0.1) is 6.61 Å². The van der Waals surface area contributed by atoms with Gasteiger partial charge in [0, 0.05) is 19.7 Å². The van der Waals surface area contributed by atoms with Crippen molar-refractivity contribution in [2.24, 2.45) is 5.41 Å². The molecule has 0 aromatic rings. The quantitative estimate of drug-likeness (QED) is 0.668. The summed E-state index contributed by atoms with van der Waals surface area (Å²) in [6.07, 6.45) is 2.65. The minimum absolute atomic E-state index is 0.413. The molecular weight excluding hydrogens is 162 g/mol.